The van der Waals surface area contributed by atoms with Gasteiger partial charge in [-0.25, -0.2) is 15.8 Å². The first kappa shape index (κ1) is 26.2. The topological polar surface area (TPSA) is 90.2 Å². The van der Waals surface area contributed by atoms with Gasteiger partial charge in [-0.2, -0.15) is 13.2 Å². The second kappa shape index (κ2) is 10.5. The van der Waals surface area contributed by atoms with Crippen LogP contribution >= 0.6 is 24.0 Å². The Labute approximate surface area is 210 Å². The summed E-state index contributed by atoms with van der Waals surface area (Å²) in [6.45, 7) is 0.376. The van der Waals surface area contributed by atoms with Gasteiger partial charge in [0.1, 0.15) is 11.5 Å². The van der Waals surface area contributed by atoms with E-state index >= 15 is 0 Å². The van der Waals surface area contributed by atoms with Crippen LogP contribution in [0.3, 0.4) is 0 Å². The van der Waals surface area contributed by atoms with Gasteiger partial charge in [0.2, 0.25) is 0 Å². The summed E-state index contributed by atoms with van der Waals surface area (Å²) in [6, 6.07) is 18.3. The third kappa shape index (κ3) is 5.49. The maximum Gasteiger partial charge on any atom is 0.416 e. The van der Waals surface area contributed by atoms with Crippen LogP contribution in [0.15, 0.2) is 79.0 Å². The molecule has 0 radical (unpaired) electrons. The quantitative estimate of drug-likeness (QED) is 0.203. The van der Waals surface area contributed by atoms with Gasteiger partial charge in [0.25, 0.3) is 5.91 Å². The minimum atomic E-state index is -4.50. The van der Waals surface area contributed by atoms with E-state index in [1.54, 1.807) is 28.8 Å². The second-order valence-corrected chi connectivity index (χ2v) is 7.80. The lowest BCUT2D eigenvalue weighted by Gasteiger charge is -2.16. The normalized spacial score (nSPS) is 11.1. The van der Waals surface area contributed by atoms with Crippen LogP contribution in [-0.4, -0.2) is 15.5 Å². The van der Waals surface area contributed by atoms with Gasteiger partial charge in [-0.1, -0.05) is 35.9 Å². The summed E-state index contributed by atoms with van der Waals surface area (Å²) in [6.07, 6.45) is -2.99. The Morgan fingerprint density at radius 1 is 1.00 bits per heavy atom. The molecule has 0 saturated heterocycles. The average molecular weight is 522 g/mol. The number of imidazole rings is 1. The van der Waals surface area contributed by atoms with Gasteiger partial charge in [0.15, 0.2) is 0 Å². The summed E-state index contributed by atoms with van der Waals surface area (Å²) in [4.78, 5) is 17.6. The molecule has 3 aromatic carbocycles. The van der Waals surface area contributed by atoms with Crippen molar-refractivity contribution >= 4 is 35.6 Å². The zero-order valence-corrected chi connectivity index (χ0v) is 19.6. The fourth-order valence-corrected chi connectivity index (χ4v) is 3.58. The number of anilines is 1. The first-order chi connectivity index (χ1) is 16.2. The SMILES string of the molecule is Cl.NCc1ccc(-n2cc(C(=O)N(N)c3ccc(C(F)(F)F)cc3)nc2-c2ccccc2Cl)cc1. The van der Waals surface area contributed by atoms with Crippen molar-refractivity contribution in [2.45, 2.75) is 12.7 Å². The number of nitrogens with zero attached hydrogens (tertiary/aromatic N) is 3. The zero-order valence-electron chi connectivity index (χ0n) is 18.0. The van der Waals surface area contributed by atoms with Crippen molar-refractivity contribution in [3.8, 4) is 17.1 Å². The lowest BCUT2D eigenvalue weighted by Crippen LogP contribution is -2.37. The van der Waals surface area contributed by atoms with E-state index in [9.17, 15) is 18.0 Å². The summed E-state index contributed by atoms with van der Waals surface area (Å²) in [7, 11) is 0. The number of amides is 1. The van der Waals surface area contributed by atoms with E-state index in [0.29, 0.717) is 28.6 Å². The molecule has 1 amide bonds. The Kier molecular flexibility index (Phi) is 7.86. The second-order valence-electron chi connectivity index (χ2n) is 7.39. The van der Waals surface area contributed by atoms with Crippen LogP contribution in [0, 0.1) is 0 Å². The highest BCUT2D eigenvalue weighted by molar-refractivity contribution is 6.33. The Hall–Kier alpha value is -3.37. The number of aromatic nitrogens is 2. The van der Waals surface area contributed by atoms with E-state index in [0.717, 1.165) is 34.8 Å². The summed E-state index contributed by atoms with van der Waals surface area (Å²) < 4.78 is 40.2. The van der Waals surface area contributed by atoms with Gasteiger partial charge < -0.3 is 5.73 Å². The number of carbonyl (C=O) groups is 1. The van der Waals surface area contributed by atoms with Crippen molar-refractivity contribution in [2.75, 3.05) is 5.01 Å². The van der Waals surface area contributed by atoms with Crippen molar-refractivity contribution in [1.29, 1.82) is 0 Å². The Morgan fingerprint density at radius 2 is 1.63 bits per heavy atom. The highest BCUT2D eigenvalue weighted by Gasteiger charge is 2.30. The van der Waals surface area contributed by atoms with Gasteiger partial charge in [0, 0.05) is 24.0 Å². The van der Waals surface area contributed by atoms with Crippen LogP contribution in [0.25, 0.3) is 17.1 Å². The van der Waals surface area contributed by atoms with E-state index in [1.807, 2.05) is 24.3 Å². The van der Waals surface area contributed by atoms with Crippen molar-refractivity contribution in [2.24, 2.45) is 11.6 Å². The predicted molar refractivity (Wildman–Crippen MR) is 132 cm³/mol. The van der Waals surface area contributed by atoms with Crippen LogP contribution in [-0.2, 0) is 12.7 Å². The largest absolute Gasteiger partial charge is 0.416 e. The van der Waals surface area contributed by atoms with Gasteiger partial charge in [-0.15, -0.1) is 12.4 Å². The molecule has 4 N–H and O–H groups in total. The number of alkyl halides is 3. The number of nitrogens with two attached hydrogens (primary N) is 2. The maximum absolute atomic E-state index is 13.1. The monoisotopic (exact) mass is 521 g/mol. The lowest BCUT2D eigenvalue weighted by molar-refractivity contribution is -0.137. The molecule has 4 aromatic rings. The van der Waals surface area contributed by atoms with E-state index in [1.165, 1.54) is 6.20 Å². The molecule has 0 aliphatic carbocycles. The Bertz CT molecular complexity index is 1320. The molecule has 1 heterocycles. The molecule has 0 saturated carbocycles. The highest BCUT2D eigenvalue weighted by atomic mass is 35.5. The highest BCUT2D eigenvalue weighted by Crippen LogP contribution is 2.32. The number of rotatable bonds is 5. The van der Waals surface area contributed by atoms with Gasteiger partial charge in [0.05, 0.1) is 16.3 Å². The van der Waals surface area contributed by atoms with Gasteiger partial charge in [-0.3, -0.25) is 9.36 Å². The maximum atomic E-state index is 13.1. The summed E-state index contributed by atoms with van der Waals surface area (Å²) in [5.41, 5.74) is 7.12. The molecule has 0 aliphatic rings. The number of benzene rings is 3. The van der Waals surface area contributed by atoms with Crippen LogP contribution in [0.4, 0.5) is 18.9 Å². The molecular formula is C24H20Cl2F3N5O. The molecule has 6 nitrogen and oxygen atoms in total. The fourth-order valence-electron chi connectivity index (χ4n) is 3.36. The molecule has 4 rings (SSSR count). The van der Waals surface area contributed by atoms with Crippen molar-refractivity contribution < 1.29 is 18.0 Å². The first-order valence-corrected chi connectivity index (χ1v) is 10.5. The number of hydrazine groups is 1. The summed E-state index contributed by atoms with van der Waals surface area (Å²) in [5, 5.41) is 1.18. The molecule has 0 unspecified atom stereocenters. The predicted octanol–water partition coefficient (Wildman–Crippen LogP) is 5.61. The molecule has 0 fully saturated rings. The third-order valence-corrected chi connectivity index (χ3v) is 5.51. The van der Waals surface area contributed by atoms with Crippen molar-refractivity contribution in [3.63, 3.8) is 0 Å². The molecule has 0 bridgehead atoms. The minimum absolute atomic E-state index is 0. The van der Waals surface area contributed by atoms with Crippen LogP contribution in [0.5, 0.6) is 0 Å². The average Bonchev–Trinajstić information content (AvgIpc) is 3.28. The Morgan fingerprint density at radius 3 is 2.20 bits per heavy atom. The molecule has 182 valence electrons. The number of hydrogen-bond acceptors (Lipinski definition) is 4. The molecule has 0 spiro atoms. The van der Waals surface area contributed by atoms with Gasteiger partial charge in [-0.05, 0) is 54.1 Å². The first-order valence-electron chi connectivity index (χ1n) is 10.1. The smallest absolute Gasteiger partial charge is 0.326 e. The summed E-state index contributed by atoms with van der Waals surface area (Å²) in [5.74, 6) is 5.64. The molecule has 11 heteroatoms. The van der Waals surface area contributed by atoms with E-state index in [2.05, 4.69) is 4.98 Å². The van der Waals surface area contributed by atoms with E-state index in [4.69, 9.17) is 23.2 Å². The third-order valence-electron chi connectivity index (χ3n) is 5.18. The number of carbonyl (C=O) groups excluding carboxylic acids is 1. The minimum Gasteiger partial charge on any atom is -0.326 e. The van der Waals surface area contributed by atoms with Gasteiger partial charge >= 0.3 is 6.18 Å². The number of hydrogen-bond donors (Lipinski definition) is 2. The molecule has 1 aromatic heterocycles. The fraction of sp³-hybridized carbons (Fsp3) is 0.0833. The van der Waals surface area contributed by atoms with Crippen LogP contribution in [0.1, 0.15) is 21.6 Å². The van der Waals surface area contributed by atoms with Crippen molar-refractivity contribution in [1.82, 2.24) is 9.55 Å². The molecule has 0 atom stereocenters. The standard InChI is InChI=1S/C24H19ClF3N5O.ClH/c25-20-4-2-1-3-19(20)22-31-21(14-32(22)17-9-5-15(13-29)6-10-17)23(34)33(30)18-11-7-16(8-12-18)24(26,27)28;/h1-12,14H,13,29-30H2;1H. The van der Waals surface area contributed by atoms with E-state index in [-0.39, 0.29) is 23.8 Å². The van der Waals surface area contributed by atoms with Crippen LogP contribution in [0.2, 0.25) is 5.02 Å². The van der Waals surface area contributed by atoms with Crippen molar-refractivity contribution in [3.05, 3.63) is 101 Å². The van der Waals surface area contributed by atoms with E-state index < -0.39 is 17.6 Å². The molecule has 0 aliphatic heterocycles. The van der Waals surface area contributed by atoms with Crippen LogP contribution < -0.4 is 16.6 Å². The summed E-state index contributed by atoms with van der Waals surface area (Å²) >= 11 is 6.38. The zero-order chi connectivity index (χ0) is 24.5. The lowest BCUT2D eigenvalue weighted by atomic mass is 10.2. The number of halogens is 5. The Balaban J connectivity index is 0.00000342. The molecular weight excluding hydrogens is 502 g/mol. The molecule has 35 heavy (non-hydrogen) atoms.